The summed E-state index contributed by atoms with van der Waals surface area (Å²) < 4.78 is 0. The monoisotopic (exact) mass is 388 g/mol. The molecule has 0 radical (unpaired) electrons. The second-order valence-electron chi connectivity index (χ2n) is 5.56. The maximum Gasteiger partial charge on any atom is 0.0742 e. The molecule has 8 nitrogen and oxygen atoms in total. The Morgan fingerprint density at radius 1 is 0.423 bits per heavy atom. The van der Waals surface area contributed by atoms with Crippen molar-refractivity contribution in [3.05, 3.63) is 0 Å². The van der Waals surface area contributed by atoms with Gasteiger partial charge < -0.3 is 40.9 Å². The zero-order valence-electron chi connectivity index (χ0n) is 16.5. The van der Waals surface area contributed by atoms with Crippen LogP contribution in [-0.4, -0.2) is 93.2 Å². The van der Waals surface area contributed by atoms with Gasteiger partial charge in [-0.2, -0.15) is 0 Å². The summed E-state index contributed by atoms with van der Waals surface area (Å²) >= 11 is 0. The number of hydrogen-bond acceptors (Lipinski definition) is 8. The lowest BCUT2D eigenvalue weighted by Gasteiger charge is -1.93. The fourth-order valence-corrected chi connectivity index (χ4v) is 1.20. The van der Waals surface area contributed by atoms with E-state index in [1.165, 1.54) is 6.92 Å². The Kier molecular flexibility index (Phi) is 50.8. The summed E-state index contributed by atoms with van der Waals surface area (Å²) in [5.74, 6) is 0. The van der Waals surface area contributed by atoms with Crippen LogP contribution in [0.1, 0.15) is 64.7 Å². The highest BCUT2D eigenvalue weighted by Gasteiger charge is 1.85. The fraction of sp³-hybridized carbons (Fsp3) is 1.00. The van der Waals surface area contributed by atoms with Crippen molar-refractivity contribution >= 4 is 0 Å². The first-order chi connectivity index (χ1) is 12.5. The van der Waals surface area contributed by atoms with Gasteiger partial charge in [-0.15, -0.1) is 0 Å². The van der Waals surface area contributed by atoms with Crippen LogP contribution in [0.15, 0.2) is 0 Å². The normalized spacial score (nSPS) is 10.5. The van der Waals surface area contributed by atoms with Gasteiger partial charge in [0, 0.05) is 39.6 Å². The predicted octanol–water partition coefficient (Wildman–Crippen LogP) is -0.217. The van der Waals surface area contributed by atoms with Crippen molar-refractivity contribution in [3.8, 4) is 0 Å². The highest BCUT2D eigenvalue weighted by molar-refractivity contribution is 4.39. The number of aliphatic hydroxyl groups is 8. The molecule has 8 N–H and O–H groups in total. The zero-order chi connectivity index (χ0) is 20.9. The number of unbranched alkanes of at least 4 members (excludes halogenated alkanes) is 6. The zero-order valence-corrected chi connectivity index (χ0v) is 16.5. The van der Waals surface area contributed by atoms with Crippen molar-refractivity contribution < 1.29 is 40.9 Å². The SMILES string of the molecule is CC(O)CO.OCCCCCCO.OCCCCCO.OCCCCO. The summed E-state index contributed by atoms with van der Waals surface area (Å²) in [6.45, 7) is 2.85. The first-order valence-electron chi connectivity index (χ1n) is 9.46. The lowest BCUT2D eigenvalue weighted by atomic mass is 10.2. The Morgan fingerprint density at radius 3 is 0.731 bits per heavy atom. The molecule has 0 saturated heterocycles. The van der Waals surface area contributed by atoms with Crippen LogP contribution in [0.5, 0.6) is 0 Å². The minimum absolute atomic E-state index is 0.139. The molecule has 8 heteroatoms. The van der Waals surface area contributed by atoms with Gasteiger partial charge in [0.1, 0.15) is 0 Å². The van der Waals surface area contributed by atoms with Crippen molar-refractivity contribution in [3.63, 3.8) is 0 Å². The van der Waals surface area contributed by atoms with E-state index in [1.807, 2.05) is 0 Å². The molecule has 0 rings (SSSR count). The maximum absolute atomic E-state index is 8.30. The van der Waals surface area contributed by atoms with Gasteiger partial charge in [0.05, 0.1) is 12.7 Å². The van der Waals surface area contributed by atoms with Crippen molar-refractivity contribution in [1.82, 2.24) is 0 Å². The van der Waals surface area contributed by atoms with Gasteiger partial charge in [-0.25, -0.2) is 0 Å². The Balaban J connectivity index is -0.000000126. The first-order valence-corrected chi connectivity index (χ1v) is 9.46. The largest absolute Gasteiger partial charge is 0.396 e. The molecular formula is C18H44O8. The van der Waals surface area contributed by atoms with Gasteiger partial charge >= 0.3 is 0 Å². The predicted molar refractivity (Wildman–Crippen MR) is 103 cm³/mol. The standard InChI is InChI=1S/C6H14O2.C5H12O2.C4H10O2.C3H8O2/c7-5-3-1-2-4-6-8;6-4-2-1-3-5-7;5-3-1-2-4-6;1-3(5)2-4/h7-8H,1-6H2;6-7H,1-5H2;5-6H,1-4H2;3-5H,2H2,1H3. The van der Waals surface area contributed by atoms with Crippen LogP contribution in [-0.2, 0) is 0 Å². The van der Waals surface area contributed by atoms with E-state index in [1.54, 1.807) is 0 Å². The molecule has 0 saturated carbocycles. The molecule has 0 aliphatic heterocycles. The molecule has 0 aromatic heterocycles. The first kappa shape index (κ1) is 33.3. The third-order valence-corrected chi connectivity index (χ3v) is 2.71. The van der Waals surface area contributed by atoms with Crippen LogP contribution < -0.4 is 0 Å². The van der Waals surface area contributed by atoms with Gasteiger partial charge in [0.2, 0.25) is 0 Å². The molecule has 26 heavy (non-hydrogen) atoms. The third-order valence-electron chi connectivity index (χ3n) is 2.71. The Bertz CT molecular complexity index is 169. The summed E-state index contributed by atoms with van der Waals surface area (Å²) in [6, 6.07) is 0. The molecule has 0 aromatic carbocycles. The van der Waals surface area contributed by atoms with Crippen LogP contribution in [0.3, 0.4) is 0 Å². The van der Waals surface area contributed by atoms with Crippen molar-refractivity contribution in [2.24, 2.45) is 0 Å². The van der Waals surface area contributed by atoms with E-state index in [9.17, 15) is 0 Å². The number of hydrogen-bond donors (Lipinski definition) is 8. The summed E-state index contributed by atoms with van der Waals surface area (Å²) in [4.78, 5) is 0. The molecule has 164 valence electrons. The van der Waals surface area contributed by atoms with Crippen molar-refractivity contribution in [1.29, 1.82) is 0 Å². The van der Waals surface area contributed by atoms with Crippen LogP contribution >= 0.6 is 0 Å². The lowest BCUT2D eigenvalue weighted by molar-refractivity contribution is 0.110. The maximum atomic E-state index is 8.30. The Hall–Kier alpha value is -0.320. The van der Waals surface area contributed by atoms with Gasteiger partial charge in [-0.1, -0.05) is 12.8 Å². The summed E-state index contributed by atoms with van der Waals surface area (Å²) in [7, 11) is 0. The topological polar surface area (TPSA) is 162 Å². The summed E-state index contributed by atoms with van der Waals surface area (Å²) in [5, 5.41) is 65.2. The average molecular weight is 389 g/mol. The van der Waals surface area contributed by atoms with E-state index < -0.39 is 6.10 Å². The molecule has 0 heterocycles. The minimum Gasteiger partial charge on any atom is -0.396 e. The lowest BCUT2D eigenvalue weighted by Crippen LogP contribution is -2.03. The van der Waals surface area contributed by atoms with E-state index in [0.29, 0.717) is 0 Å². The number of rotatable bonds is 13. The summed E-state index contributed by atoms with van der Waals surface area (Å²) in [5.41, 5.74) is 0. The average Bonchev–Trinajstić information content (AvgIpc) is 2.65. The Morgan fingerprint density at radius 2 is 0.577 bits per heavy atom. The molecule has 0 aliphatic carbocycles. The smallest absolute Gasteiger partial charge is 0.0742 e. The van der Waals surface area contributed by atoms with E-state index >= 15 is 0 Å². The minimum atomic E-state index is -0.560. The van der Waals surface area contributed by atoms with E-state index in [4.69, 9.17) is 40.9 Å². The molecule has 0 bridgehead atoms. The molecule has 0 aliphatic rings. The van der Waals surface area contributed by atoms with E-state index in [0.717, 1.165) is 57.8 Å². The van der Waals surface area contributed by atoms with Crippen LogP contribution in [0, 0.1) is 0 Å². The summed E-state index contributed by atoms with van der Waals surface area (Å²) in [6.07, 6.45) is 7.28. The van der Waals surface area contributed by atoms with Crippen LogP contribution in [0.2, 0.25) is 0 Å². The second kappa shape index (κ2) is 39.7. The van der Waals surface area contributed by atoms with Crippen molar-refractivity contribution in [2.75, 3.05) is 46.2 Å². The molecule has 0 amide bonds. The molecule has 0 spiro atoms. The van der Waals surface area contributed by atoms with Crippen molar-refractivity contribution in [2.45, 2.75) is 70.8 Å². The van der Waals surface area contributed by atoms with Gasteiger partial charge in [-0.3, -0.25) is 0 Å². The molecule has 1 unspecified atom stereocenters. The fourth-order valence-electron chi connectivity index (χ4n) is 1.20. The molecule has 0 fully saturated rings. The van der Waals surface area contributed by atoms with Gasteiger partial charge in [-0.05, 0) is 51.9 Å². The molecular weight excluding hydrogens is 344 g/mol. The van der Waals surface area contributed by atoms with E-state index in [2.05, 4.69) is 0 Å². The van der Waals surface area contributed by atoms with Crippen LogP contribution in [0.25, 0.3) is 0 Å². The van der Waals surface area contributed by atoms with Crippen LogP contribution in [0.4, 0.5) is 0 Å². The second-order valence-corrected chi connectivity index (χ2v) is 5.56. The molecule has 0 aromatic rings. The van der Waals surface area contributed by atoms with E-state index in [-0.39, 0.29) is 46.2 Å². The molecule has 1 atom stereocenters. The highest BCUT2D eigenvalue weighted by Crippen LogP contribution is 1.96. The quantitative estimate of drug-likeness (QED) is 0.201. The third kappa shape index (κ3) is 65.1. The highest BCUT2D eigenvalue weighted by atomic mass is 16.3. The van der Waals surface area contributed by atoms with Gasteiger partial charge in [0.25, 0.3) is 0 Å². The van der Waals surface area contributed by atoms with Gasteiger partial charge in [0.15, 0.2) is 0 Å². The number of aliphatic hydroxyl groups excluding tert-OH is 8. The Labute approximate surface area is 158 Å².